The zero-order valence-electron chi connectivity index (χ0n) is 23.1. The van der Waals surface area contributed by atoms with Gasteiger partial charge in [-0.15, -0.1) is 0 Å². The van der Waals surface area contributed by atoms with Gasteiger partial charge in [-0.2, -0.15) is 0 Å². The fourth-order valence-corrected chi connectivity index (χ4v) is 5.26. The Morgan fingerprint density at radius 2 is 1.63 bits per heavy atom. The van der Waals surface area contributed by atoms with Crippen LogP contribution >= 0.6 is 0 Å². The molecule has 1 amide bonds. The third-order valence-electron chi connectivity index (χ3n) is 7.55. The molecule has 0 aromatic heterocycles. The monoisotopic (exact) mass is 505 g/mol. The Balaban J connectivity index is 2.10. The lowest BCUT2D eigenvalue weighted by molar-refractivity contribution is -0.134. The van der Waals surface area contributed by atoms with E-state index in [0.29, 0.717) is 45.4 Å². The van der Waals surface area contributed by atoms with Crippen LogP contribution in [0.3, 0.4) is 0 Å². The Morgan fingerprint density at radius 3 is 2.14 bits per heavy atom. The summed E-state index contributed by atoms with van der Waals surface area (Å²) in [6.07, 6.45) is 1.23. The van der Waals surface area contributed by atoms with Crippen LogP contribution in [0.25, 0.3) is 0 Å². The molecule has 1 heterocycles. The molecule has 35 heavy (non-hydrogen) atoms. The summed E-state index contributed by atoms with van der Waals surface area (Å²) >= 11 is 0. The van der Waals surface area contributed by atoms with E-state index in [4.69, 9.17) is 9.16 Å². The minimum atomic E-state index is -1.94. The predicted molar refractivity (Wildman–Crippen MR) is 143 cm³/mol. The first kappa shape index (κ1) is 29.5. The Kier molecular flexibility index (Phi) is 9.76. The number of likely N-dealkylation sites (tertiary alicyclic amines) is 1. The molecule has 1 unspecified atom stereocenters. The molecule has 6 nitrogen and oxygen atoms in total. The Morgan fingerprint density at radius 1 is 1.06 bits per heavy atom. The second kappa shape index (κ2) is 11.6. The number of hydrogen-bond acceptors (Lipinski definition) is 5. The van der Waals surface area contributed by atoms with E-state index in [-0.39, 0.29) is 23.3 Å². The number of Topliss-reactive ketones (excluding diaryl/α,β-unsaturated/α-hetero) is 1. The molecule has 1 aliphatic rings. The average Bonchev–Trinajstić information content (AvgIpc) is 2.72. The molecule has 0 saturated carbocycles. The minimum absolute atomic E-state index is 0.0728. The molecule has 1 aromatic rings. The summed E-state index contributed by atoms with van der Waals surface area (Å²) in [5.41, 5.74) is -0.138. The lowest BCUT2D eigenvalue weighted by Gasteiger charge is -2.42. The molecule has 1 aromatic carbocycles. The van der Waals surface area contributed by atoms with E-state index in [1.807, 2.05) is 51.1 Å². The molecule has 7 heteroatoms. The van der Waals surface area contributed by atoms with Gasteiger partial charge >= 0.3 is 6.09 Å². The summed E-state index contributed by atoms with van der Waals surface area (Å²) < 4.78 is 12.0. The maximum atomic E-state index is 13.6. The van der Waals surface area contributed by atoms with Crippen LogP contribution in [0, 0.1) is 5.41 Å². The lowest BCUT2D eigenvalue weighted by atomic mass is 9.71. The molecule has 1 fully saturated rings. The molecule has 198 valence electrons. The first-order valence-electron chi connectivity index (χ1n) is 12.9. The van der Waals surface area contributed by atoms with Gasteiger partial charge in [-0.3, -0.25) is 4.79 Å². The fraction of sp³-hybridized carbons (Fsp3) is 0.714. The number of nitrogens with zero attached hydrogens (tertiary/aromatic N) is 1. The quantitative estimate of drug-likeness (QED) is 0.418. The first-order valence-corrected chi connectivity index (χ1v) is 15.8. The Bertz CT molecular complexity index is 833. The Hall–Kier alpha value is -1.70. The highest BCUT2D eigenvalue weighted by atomic mass is 28.4. The molecule has 2 rings (SSSR count). The van der Waals surface area contributed by atoms with Gasteiger partial charge in [-0.05, 0) is 70.2 Å². The third-order valence-corrected chi connectivity index (χ3v) is 12.1. The number of ketones is 1. The van der Waals surface area contributed by atoms with Gasteiger partial charge in [0.1, 0.15) is 11.4 Å². The maximum Gasteiger partial charge on any atom is 0.410 e. The summed E-state index contributed by atoms with van der Waals surface area (Å²) in [7, 11) is -1.94. The predicted octanol–water partition coefficient (Wildman–Crippen LogP) is 5.98. The van der Waals surface area contributed by atoms with Crippen LogP contribution in [0.5, 0.6) is 0 Å². The van der Waals surface area contributed by atoms with Crippen molar-refractivity contribution in [2.45, 2.75) is 103 Å². The molecule has 0 radical (unpaired) electrons. The summed E-state index contributed by atoms with van der Waals surface area (Å²) in [5.74, 6) is 0.0728. The number of ether oxygens (including phenoxy) is 1. The second-order valence-corrected chi connectivity index (χ2v) is 17.4. The van der Waals surface area contributed by atoms with Crippen LogP contribution in [0.4, 0.5) is 4.79 Å². The second-order valence-electron chi connectivity index (χ2n) is 12.6. The highest BCUT2D eigenvalue weighted by molar-refractivity contribution is 6.74. The van der Waals surface area contributed by atoms with Gasteiger partial charge in [0.25, 0.3) is 0 Å². The van der Waals surface area contributed by atoms with Gasteiger partial charge in [-0.25, -0.2) is 4.79 Å². The maximum absolute atomic E-state index is 13.6. The summed E-state index contributed by atoms with van der Waals surface area (Å²) in [6.45, 7) is 18.1. The number of aliphatic hydroxyl groups excluding tert-OH is 1. The van der Waals surface area contributed by atoms with E-state index in [0.717, 1.165) is 5.56 Å². The SMILES string of the molecule is CC(C)(C)OC(=O)N1CCC(CCO[Si](C)(C)C(C)(C)C)(C(=O)CC(O)Cc2ccccc2)CC1. The smallest absolute Gasteiger partial charge is 0.410 e. The standard InChI is InChI=1S/C28H47NO5Si/c1-26(2,3)34-25(32)29-17-14-28(15-18-29,16-19-33-35(7,8)27(4,5)6)24(31)21-23(30)20-22-12-10-9-11-13-22/h9-13,23,30H,14-21H2,1-8H3. The molecule has 1 saturated heterocycles. The molecule has 0 aliphatic carbocycles. The summed E-state index contributed by atoms with van der Waals surface area (Å²) in [5, 5.41) is 10.8. The van der Waals surface area contributed by atoms with Crippen LogP contribution in [0.1, 0.15) is 72.8 Å². The zero-order valence-corrected chi connectivity index (χ0v) is 24.1. The van der Waals surface area contributed by atoms with E-state index >= 15 is 0 Å². The number of hydrogen-bond donors (Lipinski definition) is 1. The van der Waals surface area contributed by atoms with Crippen LogP contribution in [0.15, 0.2) is 30.3 Å². The van der Waals surface area contributed by atoms with E-state index in [1.54, 1.807) is 4.90 Å². The molecular formula is C28H47NO5Si. The van der Waals surface area contributed by atoms with E-state index in [1.165, 1.54) is 0 Å². The van der Waals surface area contributed by atoms with Crippen molar-refractivity contribution in [1.29, 1.82) is 0 Å². The molecule has 1 aliphatic heterocycles. The minimum Gasteiger partial charge on any atom is -0.444 e. The van der Waals surface area contributed by atoms with Crippen molar-refractivity contribution in [3.8, 4) is 0 Å². The number of benzene rings is 1. The van der Waals surface area contributed by atoms with Gasteiger partial charge in [0, 0.05) is 31.5 Å². The number of aliphatic hydroxyl groups is 1. The van der Waals surface area contributed by atoms with Crippen molar-refractivity contribution in [1.82, 2.24) is 4.90 Å². The van der Waals surface area contributed by atoms with Crippen LogP contribution in [-0.4, -0.2) is 61.6 Å². The van der Waals surface area contributed by atoms with Crippen molar-refractivity contribution in [3.63, 3.8) is 0 Å². The highest BCUT2D eigenvalue weighted by Crippen LogP contribution is 2.41. The molecule has 1 atom stereocenters. The van der Waals surface area contributed by atoms with Gasteiger partial charge in [0.05, 0.1) is 6.10 Å². The molecular weight excluding hydrogens is 458 g/mol. The van der Waals surface area contributed by atoms with E-state index in [9.17, 15) is 14.7 Å². The van der Waals surface area contributed by atoms with Crippen molar-refractivity contribution in [2.24, 2.45) is 5.41 Å². The van der Waals surface area contributed by atoms with Crippen LogP contribution in [-0.2, 0) is 20.4 Å². The zero-order chi connectivity index (χ0) is 26.5. The third kappa shape index (κ3) is 8.72. The number of piperidine rings is 1. The van der Waals surface area contributed by atoms with E-state index < -0.39 is 25.4 Å². The van der Waals surface area contributed by atoms with Crippen molar-refractivity contribution < 1.29 is 23.9 Å². The number of carbonyl (C=O) groups is 2. The van der Waals surface area contributed by atoms with Crippen molar-refractivity contribution >= 4 is 20.2 Å². The average molecular weight is 506 g/mol. The molecule has 0 bridgehead atoms. The van der Waals surface area contributed by atoms with Crippen molar-refractivity contribution in [3.05, 3.63) is 35.9 Å². The van der Waals surface area contributed by atoms with Crippen LogP contribution in [0.2, 0.25) is 18.1 Å². The molecule has 0 spiro atoms. The number of carbonyl (C=O) groups excluding carboxylic acids is 2. The van der Waals surface area contributed by atoms with E-state index in [2.05, 4.69) is 33.9 Å². The Labute approximate surface area is 213 Å². The van der Waals surface area contributed by atoms with Gasteiger partial charge in [0.15, 0.2) is 8.32 Å². The first-order chi connectivity index (χ1) is 16.0. The number of rotatable bonds is 9. The molecule has 1 N–H and O–H groups in total. The summed E-state index contributed by atoms with van der Waals surface area (Å²) in [4.78, 5) is 27.9. The topological polar surface area (TPSA) is 76.1 Å². The van der Waals surface area contributed by atoms with Crippen LogP contribution < -0.4 is 0 Å². The van der Waals surface area contributed by atoms with Crippen molar-refractivity contribution in [2.75, 3.05) is 19.7 Å². The number of amides is 1. The summed E-state index contributed by atoms with van der Waals surface area (Å²) in [6, 6.07) is 9.76. The lowest BCUT2D eigenvalue weighted by Crippen LogP contribution is -2.49. The van der Waals surface area contributed by atoms with Gasteiger partial charge < -0.3 is 19.2 Å². The fourth-order valence-electron chi connectivity index (χ4n) is 4.22. The van der Waals surface area contributed by atoms with Gasteiger partial charge in [0.2, 0.25) is 0 Å². The highest BCUT2D eigenvalue weighted by Gasteiger charge is 2.44. The largest absolute Gasteiger partial charge is 0.444 e. The normalized spacial score (nSPS) is 17.7. The van der Waals surface area contributed by atoms with Gasteiger partial charge in [-0.1, -0.05) is 51.1 Å².